The zero-order valence-electron chi connectivity index (χ0n) is 17.1. The normalized spacial score (nSPS) is 17.0. The highest BCUT2D eigenvalue weighted by molar-refractivity contribution is 5.95. The van der Waals surface area contributed by atoms with Crippen LogP contribution in [0.3, 0.4) is 0 Å². The minimum absolute atomic E-state index is 0.0341. The maximum absolute atomic E-state index is 11.6. The van der Waals surface area contributed by atoms with Crippen molar-refractivity contribution in [2.75, 3.05) is 26.3 Å². The van der Waals surface area contributed by atoms with Crippen LogP contribution >= 0.6 is 0 Å². The van der Waals surface area contributed by atoms with Gasteiger partial charge in [-0.1, -0.05) is 12.1 Å². The molecular formula is C23H27NO5. The lowest BCUT2D eigenvalue weighted by Crippen LogP contribution is -2.44. The van der Waals surface area contributed by atoms with Gasteiger partial charge in [0, 0.05) is 32.1 Å². The van der Waals surface area contributed by atoms with E-state index < -0.39 is 0 Å². The van der Waals surface area contributed by atoms with Gasteiger partial charge in [0.2, 0.25) is 0 Å². The third kappa shape index (κ3) is 6.14. The average Bonchev–Trinajstić information content (AvgIpc) is 2.66. The molecule has 29 heavy (non-hydrogen) atoms. The Kier molecular flexibility index (Phi) is 7.01. The van der Waals surface area contributed by atoms with Gasteiger partial charge in [-0.05, 0) is 55.3 Å². The summed E-state index contributed by atoms with van der Waals surface area (Å²) in [5.74, 6) is 1.03. The van der Waals surface area contributed by atoms with Crippen LogP contribution in [0.4, 0.5) is 0 Å². The van der Waals surface area contributed by atoms with Crippen molar-refractivity contribution in [2.45, 2.75) is 33.4 Å². The molecule has 1 unspecified atom stereocenters. The van der Waals surface area contributed by atoms with Crippen LogP contribution in [0.5, 0.6) is 11.5 Å². The average molecular weight is 397 g/mol. The van der Waals surface area contributed by atoms with Gasteiger partial charge in [0.05, 0.1) is 6.61 Å². The smallest absolute Gasteiger partial charge is 0.308 e. The second kappa shape index (κ2) is 9.67. The Labute approximate surface area is 171 Å². The van der Waals surface area contributed by atoms with E-state index in [0.29, 0.717) is 24.5 Å². The molecule has 0 saturated carbocycles. The van der Waals surface area contributed by atoms with Crippen molar-refractivity contribution in [1.82, 2.24) is 4.90 Å². The van der Waals surface area contributed by atoms with Crippen LogP contribution in [-0.2, 0) is 16.1 Å². The van der Waals surface area contributed by atoms with Gasteiger partial charge in [0.25, 0.3) is 0 Å². The summed E-state index contributed by atoms with van der Waals surface area (Å²) in [4.78, 5) is 25.0. The molecular weight excluding hydrogens is 370 g/mol. The molecule has 0 spiro atoms. The molecule has 6 heteroatoms. The highest BCUT2D eigenvalue weighted by Crippen LogP contribution is 2.20. The van der Waals surface area contributed by atoms with E-state index in [1.54, 1.807) is 19.1 Å². The van der Waals surface area contributed by atoms with E-state index in [4.69, 9.17) is 14.2 Å². The number of Topliss-reactive ketones (excluding diaryl/α,β-unsaturated/α-hetero) is 1. The van der Waals surface area contributed by atoms with E-state index in [0.717, 1.165) is 36.5 Å². The molecule has 0 N–H and O–H groups in total. The number of esters is 1. The number of aryl methyl sites for hydroxylation is 1. The van der Waals surface area contributed by atoms with Crippen LogP contribution in [-0.4, -0.2) is 49.1 Å². The Bertz CT molecular complexity index is 879. The minimum atomic E-state index is -0.322. The maximum Gasteiger partial charge on any atom is 0.308 e. The van der Waals surface area contributed by atoms with Crippen molar-refractivity contribution >= 4 is 11.8 Å². The molecule has 0 amide bonds. The van der Waals surface area contributed by atoms with Crippen molar-refractivity contribution in [1.29, 1.82) is 0 Å². The van der Waals surface area contributed by atoms with Gasteiger partial charge in [0.15, 0.2) is 5.78 Å². The number of morpholine rings is 1. The van der Waals surface area contributed by atoms with Crippen LogP contribution in [0, 0.1) is 6.92 Å². The number of hydrogen-bond acceptors (Lipinski definition) is 6. The van der Waals surface area contributed by atoms with Crippen molar-refractivity contribution in [3.05, 3.63) is 59.2 Å². The first-order valence-corrected chi connectivity index (χ1v) is 9.76. The molecule has 0 radical (unpaired) electrons. The minimum Gasteiger partial charge on any atom is -0.491 e. The number of hydrogen-bond donors (Lipinski definition) is 0. The molecule has 154 valence electrons. The maximum atomic E-state index is 11.6. The lowest BCUT2D eigenvalue weighted by molar-refractivity contribution is -0.131. The summed E-state index contributed by atoms with van der Waals surface area (Å²) in [7, 11) is 0. The third-order valence-corrected chi connectivity index (χ3v) is 4.80. The predicted molar refractivity (Wildman–Crippen MR) is 109 cm³/mol. The van der Waals surface area contributed by atoms with E-state index in [2.05, 4.69) is 4.90 Å². The molecule has 2 aromatic carbocycles. The first-order chi connectivity index (χ1) is 13.9. The number of nitrogens with zero attached hydrogens (tertiary/aromatic N) is 1. The second-order valence-electron chi connectivity index (χ2n) is 7.31. The standard InChI is InChI=1S/C23H27NO5/c1-16-11-20(7-8-23(16)17(2)25)28-15-22-14-24(9-10-27-22)13-19-5-4-6-21(12-19)29-18(3)26/h4-8,11-12,22H,9-10,13-15H2,1-3H3. The first-order valence-electron chi connectivity index (χ1n) is 9.76. The van der Waals surface area contributed by atoms with Gasteiger partial charge < -0.3 is 14.2 Å². The molecule has 1 aliphatic rings. The van der Waals surface area contributed by atoms with Gasteiger partial charge in [-0.2, -0.15) is 0 Å². The zero-order valence-corrected chi connectivity index (χ0v) is 17.1. The van der Waals surface area contributed by atoms with Gasteiger partial charge in [-0.3, -0.25) is 14.5 Å². The first kappa shape index (κ1) is 21.0. The SMILES string of the molecule is CC(=O)Oc1cccc(CN2CCOC(COc3ccc(C(C)=O)c(C)c3)C2)c1. The molecule has 0 aliphatic carbocycles. The number of ether oxygens (including phenoxy) is 3. The van der Waals surface area contributed by atoms with Crippen LogP contribution < -0.4 is 9.47 Å². The quantitative estimate of drug-likeness (QED) is 0.405. The van der Waals surface area contributed by atoms with Crippen molar-refractivity contribution in [3.63, 3.8) is 0 Å². The molecule has 0 aromatic heterocycles. The van der Waals surface area contributed by atoms with Crippen LogP contribution in [0.15, 0.2) is 42.5 Å². The summed E-state index contributed by atoms with van der Waals surface area (Å²) < 4.78 is 16.9. The van der Waals surface area contributed by atoms with Crippen molar-refractivity contribution in [3.8, 4) is 11.5 Å². The van der Waals surface area contributed by atoms with E-state index in [-0.39, 0.29) is 17.9 Å². The summed E-state index contributed by atoms with van der Waals surface area (Å²) in [6.45, 7) is 8.29. The Morgan fingerprint density at radius 1 is 1.14 bits per heavy atom. The summed E-state index contributed by atoms with van der Waals surface area (Å²) >= 11 is 0. The molecule has 1 aliphatic heterocycles. The fourth-order valence-electron chi connectivity index (χ4n) is 3.47. The van der Waals surface area contributed by atoms with Crippen LogP contribution in [0.2, 0.25) is 0 Å². The lowest BCUT2D eigenvalue weighted by Gasteiger charge is -2.32. The highest BCUT2D eigenvalue weighted by Gasteiger charge is 2.21. The second-order valence-corrected chi connectivity index (χ2v) is 7.31. The molecule has 2 aromatic rings. The molecule has 1 fully saturated rings. The van der Waals surface area contributed by atoms with Gasteiger partial charge in [-0.25, -0.2) is 0 Å². The van der Waals surface area contributed by atoms with Crippen molar-refractivity contribution in [2.24, 2.45) is 0 Å². The van der Waals surface area contributed by atoms with Gasteiger partial charge in [-0.15, -0.1) is 0 Å². The van der Waals surface area contributed by atoms with E-state index >= 15 is 0 Å². The molecule has 3 rings (SSSR count). The Morgan fingerprint density at radius 3 is 2.69 bits per heavy atom. The fraction of sp³-hybridized carbons (Fsp3) is 0.391. The number of carbonyl (C=O) groups is 2. The Morgan fingerprint density at radius 2 is 1.97 bits per heavy atom. The van der Waals surface area contributed by atoms with Crippen LogP contribution in [0.25, 0.3) is 0 Å². The monoisotopic (exact) mass is 397 g/mol. The number of carbonyl (C=O) groups excluding carboxylic acids is 2. The van der Waals surface area contributed by atoms with Crippen LogP contribution in [0.1, 0.15) is 35.3 Å². The fourth-order valence-corrected chi connectivity index (χ4v) is 3.47. The predicted octanol–water partition coefficient (Wildman–Crippen LogP) is 3.40. The molecule has 1 heterocycles. The highest BCUT2D eigenvalue weighted by atomic mass is 16.5. The molecule has 1 atom stereocenters. The van der Waals surface area contributed by atoms with Crippen molar-refractivity contribution < 1.29 is 23.8 Å². The summed E-state index contributed by atoms with van der Waals surface area (Å²) in [6, 6.07) is 13.1. The number of ketones is 1. The largest absolute Gasteiger partial charge is 0.491 e. The van der Waals surface area contributed by atoms with E-state index in [1.807, 2.05) is 37.3 Å². The topological polar surface area (TPSA) is 65.1 Å². The molecule has 1 saturated heterocycles. The van der Waals surface area contributed by atoms with E-state index in [9.17, 15) is 9.59 Å². The third-order valence-electron chi connectivity index (χ3n) is 4.80. The van der Waals surface area contributed by atoms with E-state index in [1.165, 1.54) is 6.92 Å². The Balaban J connectivity index is 1.54. The van der Waals surface area contributed by atoms with Gasteiger partial charge >= 0.3 is 5.97 Å². The molecule has 0 bridgehead atoms. The summed E-state index contributed by atoms with van der Waals surface area (Å²) in [5, 5.41) is 0. The summed E-state index contributed by atoms with van der Waals surface area (Å²) in [6.07, 6.45) is -0.0341. The Hall–Kier alpha value is -2.70. The molecule has 6 nitrogen and oxygen atoms in total. The number of rotatable bonds is 7. The van der Waals surface area contributed by atoms with Gasteiger partial charge in [0.1, 0.15) is 24.2 Å². The number of benzene rings is 2. The lowest BCUT2D eigenvalue weighted by atomic mass is 10.1. The summed E-state index contributed by atoms with van der Waals surface area (Å²) in [5.41, 5.74) is 2.71. The zero-order chi connectivity index (χ0) is 20.8.